The van der Waals surface area contributed by atoms with Gasteiger partial charge in [-0.15, -0.1) is 0 Å². The topological polar surface area (TPSA) is 32.3 Å². The highest BCUT2D eigenvalue weighted by Gasteiger charge is 2.31. The zero-order valence-corrected chi connectivity index (χ0v) is 12.1. The molecule has 104 valence electrons. The summed E-state index contributed by atoms with van der Waals surface area (Å²) >= 11 is 0. The number of aliphatic hydroxyl groups excluding tert-OH is 1. The summed E-state index contributed by atoms with van der Waals surface area (Å²) in [6.45, 7) is 6.09. The summed E-state index contributed by atoms with van der Waals surface area (Å²) in [7, 11) is 0. The van der Waals surface area contributed by atoms with Crippen molar-refractivity contribution in [3.8, 4) is 0 Å². The minimum absolute atomic E-state index is 0.268. The highest BCUT2D eigenvalue weighted by atomic mass is 16.3. The molecule has 2 unspecified atom stereocenters. The average Bonchev–Trinajstić information content (AvgIpc) is 2.86. The zero-order chi connectivity index (χ0) is 13.5. The van der Waals surface area contributed by atoms with Crippen LogP contribution in [0, 0.1) is 5.92 Å². The van der Waals surface area contributed by atoms with E-state index in [1.165, 1.54) is 42.5 Å². The molecule has 2 aliphatic rings. The van der Waals surface area contributed by atoms with Crippen LogP contribution in [0.4, 0.5) is 5.69 Å². The van der Waals surface area contributed by atoms with E-state index in [-0.39, 0.29) is 5.41 Å². The molecule has 2 atom stereocenters. The van der Waals surface area contributed by atoms with Crippen molar-refractivity contribution in [3.63, 3.8) is 0 Å². The summed E-state index contributed by atoms with van der Waals surface area (Å²) in [5.41, 5.74) is 4.47. The lowest BCUT2D eigenvalue weighted by Crippen LogP contribution is -2.28. The first-order chi connectivity index (χ1) is 9.12. The lowest BCUT2D eigenvalue weighted by atomic mass is 9.76. The Morgan fingerprint density at radius 2 is 2.16 bits per heavy atom. The molecule has 1 aromatic rings. The standard InChI is InChI=1S/C17H25NO/c1-17(2)8-9-18-16-7-6-12(10-15(16)17)14-5-3-4-13(14)11-19/h6-7,10,13-14,18-19H,3-5,8-9,11H2,1-2H3. The van der Waals surface area contributed by atoms with Gasteiger partial charge in [0.15, 0.2) is 0 Å². The summed E-state index contributed by atoms with van der Waals surface area (Å²) in [5.74, 6) is 1.03. The number of rotatable bonds is 2. The maximum atomic E-state index is 9.53. The maximum absolute atomic E-state index is 9.53. The zero-order valence-electron chi connectivity index (χ0n) is 12.1. The van der Waals surface area contributed by atoms with E-state index < -0.39 is 0 Å². The third-order valence-electron chi connectivity index (χ3n) is 5.16. The molecule has 1 aliphatic carbocycles. The van der Waals surface area contributed by atoms with E-state index in [0.29, 0.717) is 18.4 Å². The second kappa shape index (κ2) is 4.82. The molecular weight excluding hydrogens is 234 g/mol. The predicted octanol–water partition coefficient (Wildman–Crippen LogP) is 3.66. The summed E-state index contributed by atoms with van der Waals surface area (Å²) in [6.07, 6.45) is 4.87. The van der Waals surface area contributed by atoms with Crippen molar-refractivity contribution in [1.29, 1.82) is 0 Å². The Kier molecular flexibility index (Phi) is 3.30. The Morgan fingerprint density at radius 1 is 1.32 bits per heavy atom. The fourth-order valence-electron chi connectivity index (χ4n) is 3.85. The fourth-order valence-corrected chi connectivity index (χ4v) is 3.85. The normalized spacial score (nSPS) is 28.8. The second-order valence-corrected chi connectivity index (χ2v) is 6.85. The van der Waals surface area contributed by atoms with E-state index in [1.807, 2.05) is 0 Å². The quantitative estimate of drug-likeness (QED) is 0.849. The van der Waals surface area contributed by atoms with Crippen LogP contribution in [0.25, 0.3) is 0 Å². The fraction of sp³-hybridized carbons (Fsp3) is 0.647. The monoisotopic (exact) mass is 259 g/mol. The minimum Gasteiger partial charge on any atom is -0.396 e. The average molecular weight is 259 g/mol. The Hall–Kier alpha value is -1.02. The van der Waals surface area contributed by atoms with Crippen LogP contribution in [0.3, 0.4) is 0 Å². The van der Waals surface area contributed by atoms with Crippen molar-refractivity contribution in [2.45, 2.75) is 50.9 Å². The number of hydrogen-bond acceptors (Lipinski definition) is 2. The molecule has 0 bridgehead atoms. The van der Waals surface area contributed by atoms with Crippen molar-refractivity contribution >= 4 is 5.69 Å². The number of hydrogen-bond donors (Lipinski definition) is 2. The number of aliphatic hydroxyl groups is 1. The van der Waals surface area contributed by atoms with Crippen LogP contribution in [0.5, 0.6) is 0 Å². The molecule has 2 heteroatoms. The van der Waals surface area contributed by atoms with Gasteiger partial charge < -0.3 is 10.4 Å². The van der Waals surface area contributed by atoms with Crippen LogP contribution in [-0.2, 0) is 5.41 Å². The van der Waals surface area contributed by atoms with E-state index in [9.17, 15) is 5.11 Å². The van der Waals surface area contributed by atoms with E-state index in [1.54, 1.807) is 0 Å². The van der Waals surface area contributed by atoms with Crippen LogP contribution in [0.1, 0.15) is 56.6 Å². The van der Waals surface area contributed by atoms with E-state index in [2.05, 4.69) is 37.4 Å². The molecule has 0 aromatic heterocycles. The summed E-state index contributed by atoms with van der Waals surface area (Å²) < 4.78 is 0. The van der Waals surface area contributed by atoms with Gasteiger partial charge in [-0.1, -0.05) is 32.4 Å². The number of anilines is 1. The first-order valence-electron chi connectivity index (χ1n) is 7.61. The first kappa shape index (κ1) is 13.0. The van der Waals surface area contributed by atoms with Crippen molar-refractivity contribution < 1.29 is 5.11 Å². The van der Waals surface area contributed by atoms with Crippen molar-refractivity contribution in [2.24, 2.45) is 5.92 Å². The Balaban J connectivity index is 1.96. The molecule has 3 rings (SSSR count). The molecule has 1 saturated carbocycles. The molecule has 1 aliphatic heterocycles. The number of fused-ring (bicyclic) bond motifs is 1. The van der Waals surface area contributed by atoms with Gasteiger partial charge in [0.1, 0.15) is 0 Å². The van der Waals surface area contributed by atoms with Crippen molar-refractivity contribution in [1.82, 2.24) is 0 Å². The van der Waals surface area contributed by atoms with Gasteiger partial charge in [0.25, 0.3) is 0 Å². The SMILES string of the molecule is CC1(C)CCNc2ccc(C3CCCC3CO)cc21. The van der Waals surface area contributed by atoms with Gasteiger partial charge in [-0.05, 0) is 53.7 Å². The van der Waals surface area contributed by atoms with Gasteiger partial charge in [0.2, 0.25) is 0 Å². The number of benzene rings is 1. The predicted molar refractivity (Wildman–Crippen MR) is 79.7 cm³/mol. The molecule has 1 aromatic carbocycles. The Labute approximate surface area is 116 Å². The lowest BCUT2D eigenvalue weighted by molar-refractivity contribution is 0.217. The highest BCUT2D eigenvalue weighted by molar-refractivity contribution is 5.58. The van der Waals surface area contributed by atoms with Crippen LogP contribution in [0.2, 0.25) is 0 Å². The molecular formula is C17H25NO. The molecule has 1 heterocycles. The molecule has 1 fully saturated rings. The van der Waals surface area contributed by atoms with Crippen molar-refractivity contribution in [2.75, 3.05) is 18.5 Å². The third kappa shape index (κ3) is 2.27. The Morgan fingerprint density at radius 3 is 2.95 bits per heavy atom. The minimum atomic E-state index is 0.268. The molecule has 19 heavy (non-hydrogen) atoms. The van der Waals surface area contributed by atoms with Crippen LogP contribution >= 0.6 is 0 Å². The van der Waals surface area contributed by atoms with Gasteiger partial charge in [-0.2, -0.15) is 0 Å². The van der Waals surface area contributed by atoms with Gasteiger partial charge in [-0.25, -0.2) is 0 Å². The van der Waals surface area contributed by atoms with Crippen molar-refractivity contribution in [3.05, 3.63) is 29.3 Å². The lowest BCUT2D eigenvalue weighted by Gasteiger charge is -2.34. The summed E-state index contributed by atoms with van der Waals surface area (Å²) in [4.78, 5) is 0. The molecule has 0 spiro atoms. The van der Waals surface area contributed by atoms with Gasteiger partial charge in [-0.3, -0.25) is 0 Å². The van der Waals surface area contributed by atoms with Gasteiger partial charge >= 0.3 is 0 Å². The van der Waals surface area contributed by atoms with E-state index in [0.717, 1.165) is 6.54 Å². The molecule has 2 nitrogen and oxygen atoms in total. The van der Waals surface area contributed by atoms with E-state index >= 15 is 0 Å². The molecule has 0 radical (unpaired) electrons. The molecule has 0 saturated heterocycles. The van der Waals surface area contributed by atoms with Crippen LogP contribution in [0.15, 0.2) is 18.2 Å². The van der Waals surface area contributed by atoms with E-state index in [4.69, 9.17) is 0 Å². The van der Waals surface area contributed by atoms with Crippen LogP contribution in [-0.4, -0.2) is 18.3 Å². The molecule has 2 N–H and O–H groups in total. The molecule has 0 amide bonds. The first-order valence-corrected chi connectivity index (χ1v) is 7.61. The van der Waals surface area contributed by atoms with Gasteiger partial charge in [0.05, 0.1) is 0 Å². The summed E-state index contributed by atoms with van der Waals surface area (Å²) in [5, 5.41) is 13.0. The third-order valence-corrected chi connectivity index (χ3v) is 5.16. The highest BCUT2D eigenvalue weighted by Crippen LogP contribution is 2.43. The summed E-state index contributed by atoms with van der Waals surface area (Å²) in [6, 6.07) is 6.92. The van der Waals surface area contributed by atoms with Crippen LogP contribution < -0.4 is 5.32 Å². The number of nitrogens with one attached hydrogen (secondary N) is 1. The Bertz CT molecular complexity index is 466. The largest absolute Gasteiger partial charge is 0.396 e. The van der Waals surface area contributed by atoms with Gasteiger partial charge in [0, 0.05) is 18.8 Å². The smallest absolute Gasteiger partial charge is 0.0465 e. The maximum Gasteiger partial charge on any atom is 0.0465 e. The second-order valence-electron chi connectivity index (χ2n) is 6.85.